The minimum absolute atomic E-state index is 0. The molecule has 0 aliphatic rings. The molecule has 1 atom stereocenters. The molecule has 1 unspecified atom stereocenters. The molecule has 0 fully saturated rings. The Labute approximate surface area is 79.6 Å². The average Bonchev–Trinajstić information content (AvgIpc) is 1.88. The van der Waals surface area contributed by atoms with Crippen LogP contribution < -0.4 is 24.0 Å². The van der Waals surface area contributed by atoms with Crippen LogP contribution in [0.1, 0.15) is 12.5 Å². The van der Waals surface area contributed by atoms with Crippen molar-refractivity contribution in [2.24, 2.45) is 0 Å². The zero-order chi connectivity index (χ0) is 7.40. The molecule has 1 rings (SSSR count). The van der Waals surface area contributed by atoms with E-state index >= 15 is 0 Å². The van der Waals surface area contributed by atoms with Gasteiger partial charge < -0.3 is 5.11 Å². The van der Waals surface area contributed by atoms with Crippen LogP contribution in [-0.4, -0.2) is 6.10 Å². The smallest absolute Gasteiger partial charge is 0.852 e. The summed E-state index contributed by atoms with van der Waals surface area (Å²) in [4.78, 5) is 0. The summed E-state index contributed by atoms with van der Waals surface area (Å²) in [5.74, 6) is 0. The number of hydrogen-bond donors (Lipinski definition) is 0. The largest absolute Gasteiger partial charge is 1.00 e. The van der Waals surface area contributed by atoms with E-state index in [1.54, 1.807) is 6.92 Å². The Balaban J connectivity index is 0.000001000. The minimum Gasteiger partial charge on any atom is -0.852 e. The molecular weight excluding hydrogens is 131 g/mol. The van der Waals surface area contributed by atoms with Gasteiger partial charge >= 0.3 is 18.9 Å². The zero-order valence-electron chi connectivity index (χ0n) is 7.08. The number of hydrogen-bond acceptors (Lipinski definition) is 1. The van der Waals surface area contributed by atoms with E-state index in [9.17, 15) is 5.11 Å². The summed E-state index contributed by atoms with van der Waals surface area (Å²) in [6, 6.07) is 9.83. The normalized spacial score (nSPS) is 11.8. The van der Waals surface area contributed by atoms with Crippen molar-refractivity contribution < 1.29 is 24.0 Å². The first-order chi connectivity index (χ1) is 4.79. The predicted octanol–water partition coefficient (Wildman–Crippen LogP) is -2.02. The topological polar surface area (TPSA) is 23.1 Å². The Kier molecular flexibility index (Phi) is 5.32. The van der Waals surface area contributed by atoms with Crippen LogP contribution in [0.15, 0.2) is 30.3 Å². The second-order valence-corrected chi connectivity index (χ2v) is 2.50. The molecule has 0 amide bonds. The fraction of sp³-hybridized carbons (Fsp3) is 0.333. The maximum absolute atomic E-state index is 10.7. The van der Waals surface area contributed by atoms with Crippen LogP contribution in [0.5, 0.6) is 0 Å². The van der Waals surface area contributed by atoms with Crippen LogP contribution in [0.4, 0.5) is 0 Å². The summed E-state index contributed by atoms with van der Waals surface area (Å²) in [5.41, 5.74) is 1.13. The quantitative estimate of drug-likeness (QED) is 0.437. The fourth-order valence-electron chi connectivity index (χ4n) is 0.946. The van der Waals surface area contributed by atoms with Crippen LogP contribution in [0.25, 0.3) is 0 Å². The summed E-state index contributed by atoms with van der Waals surface area (Å²) in [6.45, 7) is 1.69. The molecular formula is C9H11LiO. The zero-order valence-corrected chi connectivity index (χ0v) is 7.08. The Morgan fingerprint density at radius 1 is 1.27 bits per heavy atom. The van der Waals surface area contributed by atoms with E-state index in [2.05, 4.69) is 0 Å². The van der Waals surface area contributed by atoms with E-state index in [0.29, 0.717) is 6.42 Å². The molecule has 2 heteroatoms. The van der Waals surface area contributed by atoms with Gasteiger partial charge in [0.15, 0.2) is 0 Å². The van der Waals surface area contributed by atoms with Crippen molar-refractivity contribution in [3.63, 3.8) is 0 Å². The van der Waals surface area contributed by atoms with E-state index in [-0.39, 0.29) is 18.9 Å². The van der Waals surface area contributed by atoms with Crippen molar-refractivity contribution in [3.05, 3.63) is 35.9 Å². The summed E-state index contributed by atoms with van der Waals surface area (Å²) >= 11 is 0. The van der Waals surface area contributed by atoms with Crippen molar-refractivity contribution in [1.82, 2.24) is 0 Å². The van der Waals surface area contributed by atoms with Crippen LogP contribution in [0, 0.1) is 0 Å². The Bertz CT molecular complexity index is 184. The maximum Gasteiger partial charge on any atom is 1.00 e. The molecule has 0 spiro atoms. The van der Waals surface area contributed by atoms with E-state index in [1.165, 1.54) is 0 Å². The van der Waals surface area contributed by atoms with Gasteiger partial charge in [0, 0.05) is 0 Å². The van der Waals surface area contributed by atoms with Crippen molar-refractivity contribution in [2.45, 2.75) is 19.4 Å². The van der Waals surface area contributed by atoms with E-state index < -0.39 is 6.10 Å². The number of benzene rings is 1. The maximum atomic E-state index is 10.7. The van der Waals surface area contributed by atoms with Crippen LogP contribution >= 0.6 is 0 Å². The summed E-state index contributed by atoms with van der Waals surface area (Å²) in [7, 11) is 0. The molecule has 11 heavy (non-hydrogen) atoms. The average molecular weight is 142 g/mol. The number of rotatable bonds is 2. The molecule has 0 aromatic heterocycles. The van der Waals surface area contributed by atoms with Gasteiger partial charge in [0.05, 0.1) is 0 Å². The molecule has 0 N–H and O–H groups in total. The fourth-order valence-corrected chi connectivity index (χ4v) is 0.946. The molecule has 1 aromatic rings. The summed E-state index contributed by atoms with van der Waals surface area (Å²) in [5, 5.41) is 10.7. The van der Waals surface area contributed by atoms with E-state index in [1.807, 2.05) is 30.3 Å². The Morgan fingerprint density at radius 2 is 1.82 bits per heavy atom. The molecule has 1 nitrogen and oxygen atoms in total. The van der Waals surface area contributed by atoms with Crippen molar-refractivity contribution in [3.8, 4) is 0 Å². The molecule has 54 valence electrons. The second kappa shape index (κ2) is 5.43. The van der Waals surface area contributed by atoms with E-state index in [0.717, 1.165) is 5.56 Å². The van der Waals surface area contributed by atoms with Crippen molar-refractivity contribution in [2.75, 3.05) is 0 Å². The molecule has 0 aliphatic heterocycles. The first kappa shape index (κ1) is 10.8. The summed E-state index contributed by atoms with van der Waals surface area (Å²) < 4.78 is 0. The molecule has 0 bridgehead atoms. The monoisotopic (exact) mass is 142 g/mol. The predicted molar refractivity (Wildman–Crippen MR) is 39.6 cm³/mol. The van der Waals surface area contributed by atoms with Gasteiger partial charge in [-0.1, -0.05) is 37.3 Å². The Morgan fingerprint density at radius 3 is 2.27 bits per heavy atom. The summed E-state index contributed by atoms with van der Waals surface area (Å²) in [6.07, 6.45) is 0.156. The molecule has 0 saturated heterocycles. The minimum atomic E-state index is -0.484. The molecule has 0 aliphatic carbocycles. The van der Waals surface area contributed by atoms with Crippen molar-refractivity contribution >= 4 is 0 Å². The van der Waals surface area contributed by atoms with Gasteiger partial charge in [0.25, 0.3) is 0 Å². The van der Waals surface area contributed by atoms with Crippen molar-refractivity contribution in [1.29, 1.82) is 0 Å². The second-order valence-electron chi connectivity index (χ2n) is 2.50. The first-order valence-corrected chi connectivity index (χ1v) is 3.49. The van der Waals surface area contributed by atoms with Gasteiger partial charge in [-0.2, -0.15) is 0 Å². The van der Waals surface area contributed by atoms with Gasteiger partial charge in [0.2, 0.25) is 0 Å². The molecule has 0 heterocycles. The molecule has 1 aromatic carbocycles. The molecule has 0 radical (unpaired) electrons. The third kappa shape index (κ3) is 4.26. The van der Waals surface area contributed by atoms with Gasteiger partial charge in [-0.05, 0) is 12.0 Å². The standard InChI is InChI=1S/C9H11O.Li/c1-8(10)7-9-5-3-2-4-6-9;/h2-6,8H,7H2,1H3;/q-1;+1. The Hall–Kier alpha value is -0.223. The SMILES string of the molecule is CC([O-])Cc1ccccc1.[Li+]. The first-order valence-electron chi connectivity index (χ1n) is 3.49. The van der Waals surface area contributed by atoms with Gasteiger partial charge in [0.1, 0.15) is 0 Å². The van der Waals surface area contributed by atoms with Crippen LogP contribution in [-0.2, 0) is 6.42 Å². The third-order valence-corrected chi connectivity index (χ3v) is 1.37. The van der Waals surface area contributed by atoms with Gasteiger partial charge in [-0.15, -0.1) is 6.10 Å². The van der Waals surface area contributed by atoms with Gasteiger partial charge in [-0.3, -0.25) is 0 Å². The van der Waals surface area contributed by atoms with Crippen LogP contribution in [0.2, 0.25) is 0 Å². The van der Waals surface area contributed by atoms with Gasteiger partial charge in [-0.25, -0.2) is 0 Å². The van der Waals surface area contributed by atoms with E-state index in [4.69, 9.17) is 0 Å². The third-order valence-electron chi connectivity index (χ3n) is 1.37. The van der Waals surface area contributed by atoms with Crippen LogP contribution in [0.3, 0.4) is 0 Å². The molecule has 0 saturated carbocycles.